The lowest BCUT2D eigenvalue weighted by Crippen LogP contribution is -2.39. The van der Waals surface area contributed by atoms with Gasteiger partial charge in [0.25, 0.3) is 0 Å². The van der Waals surface area contributed by atoms with Gasteiger partial charge in [-0.2, -0.15) is 0 Å². The predicted octanol–water partition coefficient (Wildman–Crippen LogP) is 4.23. The van der Waals surface area contributed by atoms with Gasteiger partial charge in [-0.3, -0.25) is 9.69 Å². The Morgan fingerprint density at radius 1 is 1.19 bits per heavy atom. The molecule has 1 aromatic rings. The van der Waals surface area contributed by atoms with E-state index >= 15 is 0 Å². The molecule has 0 bridgehead atoms. The summed E-state index contributed by atoms with van der Waals surface area (Å²) in [6.07, 6.45) is 6.13. The Hall–Kier alpha value is -0.810. The number of rotatable bonds is 6. The van der Waals surface area contributed by atoms with Crippen LogP contribution in [0, 0.1) is 5.92 Å². The molecule has 0 aromatic heterocycles. The Morgan fingerprint density at radius 3 is 2.62 bits per heavy atom. The molecule has 3 atom stereocenters. The third-order valence-electron chi connectivity index (χ3n) is 5.67. The van der Waals surface area contributed by atoms with Crippen molar-refractivity contribution in [1.82, 2.24) is 10.2 Å². The highest BCUT2D eigenvalue weighted by molar-refractivity contribution is 5.95. The fourth-order valence-electron chi connectivity index (χ4n) is 4.20. The molecule has 4 nitrogen and oxygen atoms in total. The number of nitrogens with zero attached hydrogens (tertiary/aromatic N) is 1. The molecular formula is C20H33Cl2N3O. The standard InChI is InChI=1S/C20H31N3O.2ClH/c1-3-23(4-2)14-15-8-7-10-17(12-15)21-20(24)19-13-16-9-5-6-11-18(16)22-19;;/h7-8,10,12,16,18-19,22H,3-6,9,11,13-14H2,1-2H3,(H,21,24);2*1H. The third kappa shape index (κ3) is 5.85. The molecule has 1 saturated heterocycles. The van der Waals surface area contributed by atoms with Gasteiger partial charge in [0.05, 0.1) is 6.04 Å². The van der Waals surface area contributed by atoms with Gasteiger partial charge in [0.15, 0.2) is 0 Å². The van der Waals surface area contributed by atoms with Crippen LogP contribution in [0.4, 0.5) is 5.69 Å². The van der Waals surface area contributed by atoms with Crippen LogP contribution < -0.4 is 10.6 Å². The van der Waals surface area contributed by atoms with Crippen molar-refractivity contribution in [1.29, 1.82) is 0 Å². The molecule has 2 fully saturated rings. The highest BCUT2D eigenvalue weighted by Gasteiger charge is 2.38. The summed E-state index contributed by atoms with van der Waals surface area (Å²) in [5.74, 6) is 0.827. The highest BCUT2D eigenvalue weighted by Crippen LogP contribution is 2.33. The van der Waals surface area contributed by atoms with E-state index in [1.54, 1.807) is 0 Å². The van der Waals surface area contributed by atoms with Crippen molar-refractivity contribution < 1.29 is 4.79 Å². The van der Waals surface area contributed by atoms with Gasteiger partial charge >= 0.3 is 0 Å². The molecule has 2 N–H and O–H groups in total. The van der Waals surface area contributed by atoms with Crippen molar-refractivity contribution in [3.8, 4) is 0 Å². The Kier molecular flexibility index (Phi) is 9.94. The summed E-state index contributed by atoms with van der Waals surface area (Å²) in [6.45, 7) is 7.38. The van der Waals surface area contributed by atoms with Crippen molar-refractivity contribution in [2.24, 2.45) is 5.92 Å². The van der Waals surface area contributed by atoms with Gasteiger partial charge in [-0.1, -0.05) is 38.8 Å². The van der Waals surface area contributed by atoms with Crippen LogP contribution in [-0.2, 0) is 11.3 Å². The van der Waals surface area contributed by atoms with Gasteiger partial charge in [-0.05, 0) is 56.0 Å². The maximum Gasteiger partial charge on any atom is 0.241 e. The number of benzene rings is 1. The number of carbonyl (C=O) groups is 1. The molecule has 1 aliphatic heterocycles. The Morgan fingerprint density at radius 2 is 1.92 bits per heavy atom. The topological polar surface area (TPSA) is 44.4 Å². The predicted molar refractivity (Wildman–Crippen MR) is 113 cm³/mol. The SMILES string of the molecule is CCN(CC)Cc1cccc(NC(=O)C2CC3CCCCC3N2)c1.Cl.Cl. The molecule has 0 spiro atoms. The summed E-state index contributed by atoms with van der Waals surface area (Å²) in [5.41, 5.74) is 2.17. The van der Waals surface area contributed by atoms with E-state index in [1.807, 2.05) is 12.1 Å². The lowest BCUT2D eigenvalue weighted by atomic mass is 9.85. The lowest BCUT2D eigenvalue weighted by molar-refractivity contribution is -0.117. The number of hydrogen-bond donors (Lipinski definition) is 2. The zero-order valence-corrected chi connectivity index (χ0v) is 17.5. The van der Waals surface area contributed by atoms with Crippen LogP contribution in [-0.4, -0.2) is 36.0 Å². The number of carbonyl (C=O) groups excluding carboxylic acids is 1. The van der Waals surface area contributed by atoms with Gasteiger partial charge in [0, 0.05) is 18.3 Å². The second kappa shape index (κ2) is 11.1. The summed E-state index contributed by atoms with van der Waals surface area (Å²) >= 11 is 0. The van der Waals surface area contributed by atoms with Crippen LogP contribution in [0.3, 0.4) is 0 Å². The summed E-state index contributed by atoms with van der Waals surface area (Å²) in [5, 5.41) is 6.68. The molecule has 6 heteroatoms. The van der Waals surface area contributed by atoms with E-state index < -0.39 is 0 Å². The fourth-order valence-corrected chi connectivity index (χ4v) is 4.20. The van der Waals surface area contributed by atoms with Crippen LogP contribution >= 0.6 is 24.8 Å². The largest absolute Gasteiger partial charge is 0.325 e. The maximum atomic E-state index is 12.6. The quantitative estimate of drug-likeness (QED) is 0.749. The second-order valence-corrected chi connectivity index (χ2v) is 7.26. The van der Waals surface area contributed by atoms with E-state index in [4.69, 9.17) is 0 Å². The number of fused-ring (bicyclic) bond motifs is 1. The zero-order chi connectivity index (χ0) is 16.9. The molecule has 3 unspecified atom stereocenters. The van der Waals surface area contributed by atoms with Gasteiger partial charge < -0.3 is 10.6 Å². The lowest BCUT2D eigenvalue weighted by Gasteiger charge is -2.24. The average molecular weight is 402 g/mol. The van der Waals surface area contributed by atoms with Crippen molar-refractivity contribution in [2.75, 3.05) is 18.4 Å². The van der Waals surface area contributed by atoms with E-state index in [2.05, 4.69) is 41.5 Å². The zero-order valence-electron chi connectivity index (χ0n) is 15.9. The molecule has 1 aromatic carbocycles. The fraction of sp³-hybridized carbons (Fsp3) is 0.650. The number of anilines is 1. The Labute approximate surface area is 170 Å². The normalized spacial score (nSPS) is 24.3. The van der Waals surface area contributed by atoms with E-state index in [0.717, 1.165) is 31.7 Å². The monoisotopic (exact) mass is 401 g/mol. The molecule has 148 valence electrons. The molecule has 1 saturated carbocycles. The third-order valence-corrected chi connectivity index (χ3v) is 5.67. The van der Waals surface area contributed by atoms with Crippen LogP contribution in [0.2, 0.25) is 0 Å². The Balaban J connectivity index is 0.00000169. The number of nitrogens with one attached hydrogen (secondary N) is 2. The number of hydrogen-bond acceptors (Lipinski definition) is 3. The minimum Gasteiger partial charge on any atom is -0.325 e. The molecule has 1 heterocycles. The van der Waals surface area contributed by atoms with Crippen LogP contribution in [0.1, 0.15) is 51.5 Å². The van der Waals surface area contributed by atoms with Gasteiger partial charge in [0.2, 0.25) is 5.91 Å². The van der Waals surface area contributed by atoms with E-state index in [1.165, 1.54) is 31.2 Å². The van der Waals surface area contributed by atoms with Crippen molar-refractivity contribution in [3.05, 3.63) is 29.8 Å². The molecule has 26 heavy (non-hydrogen) atoms. The number of halogens is 2. The van der Waals surface area contributed by atoms with Crippen LogP contribution in [0.5, 0.6) is 0 Å². The van der Waals surface area contributed by atoms with Crippen LogP contribution in [0.25, 0.3) is 0 Å². The number of amides is 1. The molecule has 1 aliphatic carbocycles. The van der Waals surface area contributed by atoms with Gasteiger partial charge in [-0.25, -0.2) is 0 Å². The van der Waals surface area contributed by atoms with E-state index in [-0.39, 0.29) is 36.8 Å². The van der Waals surface area contributed by atoms with Crippen molar-refractivity contribution in [2.45, 2.75) is 64.6 Å². The van der Waals surface area contributed by atoms with Crippen molar-refractivity contribution >= 4 is 36.4 Å². The second-order valence-electron chi connectivity index (χ2n) is 7.26. The first-order valence-electron chi connectivity index (χ1n) is 9.57. The smallest absolute Gasteiger partial charge is 0.241 e. The first-order chi connectivity index (χ1) is 11.7. The van der Waals surface area contributed by atoms with Crippen LogP contribution in [0.15, 0.2) is 24.3 Å². The van der Waals surface area contributed by atoms with Gasteiger partial charge in [-0.15, -0.1) is 24.8 Å². The molecule has 3 rings (SSSR count). The van der Waals surface area contributed by atoms with E-state index in [9.17, 15) is 4.79 Å². The summed E-state index contributed by atoms with van der Waals surface area (Å²) in [6, 6.07) is 8.81. The highest BCUT2D eigenvalue weighted by atomic mass is 35.5. The molecule has 0 radical (unpaired) electrons. The minimum absolute atomic E-state index is 0. The first-order valence-corrected chi connectivity index (χ1v) is 9.57. The molecule has 2 aliphatic rings. The maximum absolute atomic E-state index is 12.6. The minimum atomic E-state index is -0.0236. The molecule has 1 amide bonds. The molecular weight excluding hydrogens is 369 g/mol. The van der Waals surface area contributed by atoms with Gasteiger partial charge in [0.1, 0.15) is 0 Å². The first kappa shape index (κ1) is 23.2. The average Bonchev–Trinajstić information content (AvgIpc) is 3.04. The summed E-state index contributed by atoms with van der Waals surface area (Å²) in [4.78, 5) is 15.0. The van der Waals surface area contributed by atoms with Crippen molar-refractivity contribution in [3.63, 3.8) is 0 Å². The Bertz CT molecular complexity index is 552. The summed E-state index contributed by atoms with van der Waals surface area (Å²) in [7, 11) is 0. The summed E-state index contributed by atoms with van der Waals surface area (Å²) < 4.78 is 0. The van der Waals surface area contributed by atoms with E-state index in [0.29, 0.717) is 12.0 Å².